The smallest absolute Gasteiger partial charge is 0.408 e. The van der Waals surface area contributed by atoms with Crippen LogP contribution in [0, 0.1) is 0 Å². The number of para-hydroxylation sites is 1. The summed E-state index contributed by atoms with van der Waals surface area (Å²) in [5, 5.41) is 6.38. The molecule has 3 rings (SSSR count). The van der Waals surface area contributed by atoms with Crippen molar-refractivity contribution in [2.24, 2.45) is 0 Å². The van der Waals surface area contributed by atoms with Gasteiger partial charge in [-0.2, -0.15) is 0 Å². The number of alkyl carbamates (subject to hydrolysis) is 1. The second kappa shape index (κ2) is 7.77. The summed E-state index contributed by atoms with van der Waals surface area (Å²) >= 11 is 0. The number of rotatable bonds is 6. The van der Waals surface area contributed by atoms with Gasteiger partial charge in [0.25, 0.3) is 0 Å². The van der Waals surface area contributed by atoms with Gasteiger partial charge in [-0.25, -0.2) is 9.59 Å². The summed E-state index contributed by atoms with van der Waals surface area (Å²) in [5.74, 6) is -0.940. The zero-order valence-electron chi connectivity index (χ0n) is 17.1. The maximum atomic E-state index is 12.9. The van der Waals surface area contributed by atoms with Crippen LogP contribution in [0.15, 0.2) is 30.3 Å². The number of H-pyrrole nitrogens is 1. The first-order chi connectivity index (χ1) is 13.6. The number of esters is 1. The lowest BCUT2D eigenvalue weighted by molar-refractivity contribution is -0.146. The van der Waals surface area contributed by atoms with Crippen LogP contribution < -0.4 is 10.6 Å². The molecule has 2 aromatic rings. The van der Waals surface area contributed by atoms with E-state index in [2.05, 4.69) is 15.6 Å². The Balaban J connectivity index is 1.78. The molecule has 1 heterocycles. The van der Waals surface area contributed by atoms with Crippen LogP contribution >= 0.6 is 0 Å². The molecule has 1 aliphatic carbocycles. The number of hydrogen-bond acceptors (Lipinski definition) is 5. The highest BCUT2D eigenvalue weighted by molar-refractivity contribution is 5.94. The van der Waals surface area contributed by atoms with E-state index in [1.807, 2.05) is 30.3 Å². The highest BCUT2D eigenvalue weighted by Gasteiger charge is 2.53. The van der Waals surface area contributed by atoms with Crippen molar-refractivity contribution in [1.29, 1.82) is 0 Å². The molecule has 1 aliphatic rings. The molecule has 0 bridgehead atoms. The van der Waals surface area contributed by atoms with Crippen LogP contribution in [0.3, 0.4) is 0 Å². The zero-order valence-corrected chi connectivity index (χ0v) is 17.1. The number of aromatic amines is 1. The number of aromatic nitrogens is 1. The van der Waals surface area contributed by atoms with Gasteiger partial charge in [0.05, 0.1) is 7.11 Å². The van der Waals surface area contributed by atoms with Crippen molar-refractivity contribution in [2.45, 2.75) is 57.2 Å². The minimum atomic E-state index is -1.000. The summed E-state index contributed by atoms with van der Waals surface area (Å²) in [4.78, 5) is 40.5. The first-order valence-corrected chi connectivity index (χ1v) is 9.58. The molecule has 1 aromatic heterocycles. The molecule has 1 saturated carbocycles. The van der Waals surface area contributed by atoms with Gasteiger partial charge in [0.2, 0.25) is 5.91 Å². The third-order valence-corrected chi connectivity index (χ3v) is 4.71. The van der Waals surface area contributed by atoms with Gasteiger partial charge in [-0.05, 0) is 51.1 Å². The lowest BCUT2D eigenvalue weighted by atomic mass is 10.1. The van der Waals surface area contributed by atoms with Crippen LogP contribution in [0.25, 0.3) is 10.9 Å². The Kier molecular flexibility index (Phi) is 5.55. The Morgan fingerprint density at radius 3 is 2.48 bits per heavy atom. The second-order valence-electron chi connectivity index (χ2n) is 8.35. The summed E-state index contributed by atoms with van der Waals surface area (Å²) < 4.78 is 10.1. The van der Waals surface area contributed by atoms with Gasteiger partial charge >= 0.3 is 12.1 Å². The summed E-state index contributed by atoms with van der Waals surface area (Å²) in [6.07, 6.45) is 0.543. The molecule has 29 heavy (non-hydrogen) atoms. The highest BCUT2D eigenvalue weighted by atomic mass is 16.6. The predicted molar refractivity (Wildman–Crippen MR) is 107 cm³/mol. The zero-order chi connectivity index (χ0) is 21.2. The Bertz CT molecular complexity index is 891. The molecule has 0 aliphatic heterocycles. The average molecular weight is 401 g/mol. The van der Waals surface area contributed by atoms with Crippen LogP contribution in [0.2, 0.25) is 0 Å². The van der Waals surface area contributed by atoms with Crippen molar-refractivity contribution in [3.8, 4) is 0 Å². The quantitative estimate of drug-likeness (QED) is 0.644. The first kappa shape index (κ1) is 20.7. The summed E-state index contributed by atoms with van der Waals surface area (Å²) in [6, 6.07) is 8.75. The molecule has 2 amide bonds. The fourth-order valence-electron chi connectivity index (χ4n) is 3.15. The fraction of sp³-hybridized carbons (Fsp3) is 0.476. The summed E-state index contributed by atoms with van der Waals surface area (Å²) in [5.41, 5.74) is 0.0216. The van der Waals surface area contributed by atoms with Crippen LogP contribution in [0.1, 0.15) is 39.3 Å². The minimum Gasteiger partial charge on any atom is -0.467 e. The van der Waals surface area contributed by atoms with E-state index in [9.17, 15) is 14.4 Å². The fourth-order valence-corrected chi connectivity index (χ4v) is 3.15. The van der Waals surface area contributed by atoms with Crippen molar-refractivity contribution in [1.82, 2.24) is 15.6 Å². The van der Waals surface area contributed by atoms with Crippen molar-refractivity contribution >= 4 is 28.9 Å². The van der Waals surface area contributed by atoms with Gasteiger partial charge in [-0.15, -0.1) is 0 Å². The van der Waals surface area contributed by atoms with Gasteiger partial charge < -0.3 is 25.1 Å². The Hall–Kier alpha value is -3.03. The molecule has 8 heteroatoms. The molecule has 0 saturated heterocycles. The summed E-state index contributed by atoms with van der Waals surface area (Å²) in [7, 11) is 1.29. The molecule has 0 radical (unpaired) electrons. The molecule has 0 spiro atoms. The number of methoxy groups -OCH3 is 1. The van der Waals surface area contributed by atoms with Crippen LogP contribution in [0.4, 0.5) is 4.79 Å². The largest absolute Gasteiger partial charge is 0.467 e. The second-order valence-corrected chi connectivity index (χ2v) is 8.35. The molecular weight excluding hydrogens is 374 g/mol. The monoisotopic (exact) mass is 401 g/mol. The number of nitrogens with one attached hydrogen (secondary N) is 3. The number of amides is 2. The lowest BCUT2D eigenvalue weighted by Gasteiger charge is -2.24. The minimum absolute atomic E-state index is 0.219. The third-order valence-electron chi connectivity index (χ3n) is 4.71. The highest BCUT2D eigenvalue weighted by Crippen LogP contribution is 2.36. The summed E-state index contributed by atoms with van der Waals surface area (Å²) in [6.45, 7) is 5.24. The van der Waals surface area contributed by atoms with Crippen LogP contribution in [-0.4, -0.2) is 47.2 Å². The molecule has 0 unspecified atom stereocenters. The lowest BCUT2D eigenvalue weighted by Crippen LogP contribution is -2.54. The standard InChI is InChI=1S/C21H27N3O5/c1-20(2,3)29-19(27)23-16(17(25)24-21(9-10-21)18(26)28-4)12-14-11-13-7-5-6-8-15(13)22-14/h5-8,11,16,22H,9-10,12H2,1-4H3,(H,23,27)(H,24,25)/t16-/m0/s1. The van der Waals surface area contributed by atoms with E-state index in [-0.39, 0.29) is 6.42 Å². The van der Waals surface area contributed by atoms with Crippen LogP contribution in [0.5, 0.6) is 0 Å². The molecule has 1 aromatic carbocycles. The van der Waals surface area contributed by atoms with E-state index >= 15 is 0 Å². The van der Waals surface area contributed by atoms with Gasteiger partial charge in [0.15, 0.2) is 0 Å². The van der Waals surface area contributed by atoms with Crippen molar-refractivity contribution in [2.75, 3.05) is 7.11 Å². The molecule has 156 valence electrons. The van der Waals surface area contributed by atoms with E-state index in [4.69, 9.17) is 9.47 Å². The number of benzene rings is 1. The molecule has 8 nitrogen and oxygen atoms in total. The van der Waals surface area contributed by atoms with Gasteiger partial charge in [-0.1, -0.05) is 18.2 Å². The van der Waals surface area contributed by atoms with Gasteiger partial charge in [0, 0.05) is 17.6 Å². The number of carbonyl (C=O) groups is 3. The van der Waals surface area contributed by atoms with Crippen molar-refractivity contribution in [3.05, 3.63) is 36.0 Å². The number of hydrogen-bond donors (Lipinski definition) is 3. The molecular formula is C21H27N3O5. The first-order valence-electron chi connectivity index (χ1n) is 9.58. The van der Waals surface area contributed by atoms with Crippen molar-refractivity contribution < 1.29 is 23.9 Å². The maximum absolute atomic E-state index is 12.9. The topological polar surface area (TPSA) is 110 Å². The molecule has 3 N–H and O–H groups in total. The van der Waals surface area contributed by atoms with E-state index in [1.165, 1.54) is 7.11 Å². The SMILES string of the molecule is COC(=O)C1(NC(=O)[C@H](Cc2cc3ccccc3[nH]2)NC(=O)OC(C)(C)C)CC1. The number of carbonyl (C=O) groups excluding carboxylic acids is 3. The molecule has 1 fully saturated rings. The predicted octanol–water partition coefficient (Wildman–Crippen LogP) is 2.43. The number of ether oxygens (including phenoxy) is 2. The Morgan fingerprint density at radius 1 is 1.21 bits per heavy atom. The van der Waals surface area contributed by atoms with E-state index in [1.54, 1.807) is 20.8 Å². The normalized spacial score (nSPS) is 16.0. The maximum Gasteiger partial charge on any atom is 0.408 e. The van der Waals surface area contributed by atoms with E-state index < -0.39 is 35.2 Å². The average Bonchev–Trinajstić information content (AvgIpc) is 3.29. The van der Waals surface area contributed by atoms with Crippen molar-refractivity contribution in [3.63, 3.8) is 0 Å². The van der Waals surface area contributed by atoms with Gasteiger partial charge in [0.1, 0.15) is 17.2 Å². The van der Waals surface area contributed by atoms with Gasteiger partial charge in [-0.3, -0.25) is 4.79 Å². The molecule has 1 atom stereocenters. The third kappa shape index (κ3) is 5.07. The number of fused-ring (bicyclic) bond motifs is 1. The van der Waals surface area contributed by atoms with E-state index in [0.29, 0.717) is 12.8 Å². The van der Waals surface area contributed by atoms with E-state index in [0.717, 1.165) is 16.6 Å². The van der Waals surface area contributed by atoms with Crippen LogP contribution in [-0.2, 0) is 25.5 Å². The Morgan fingerprint density at radius 2 is 1.90 bits per heavy atom. The Labute approximate surface area is 169 Å².